The molecule has 0 saturated carbocycles. The highest BCUT2D eigenvalue weighted by Gasteiger charge is 2.25. The first kappa shape index (κ1) is 28.1. The van der Waals surface area contributed by atoms with Gasteiger partial charge in [-0.15, -0.1) is 0 Å². The monoisotopic (exact) mass is 481 g/mol. The van der Waals surface area contributed by atoms with E-state index in [9.17, 15) is 29.4 Å². The molecule has 0 fully saturated rings. The molecule has 0 aromatic heterocycles. The second-order valence-electron chi connectivity index (χ2n) is 7.35. The number of benzene rings is 1. The van der Waals surface area contributed by atoms with Gasteiger partial charge in [0.2, 0.25) is 17.7 Å². The van der Waals surface area contributed by atoms with Crippen molar-refractivity contribution in [1.82, 2.24) is 16.0 Å². The standard InChI is InChI=1S/C20H31N7O7/c21-13(10-28)17(31)27-14(2-1-7-24-20(22)23)18(32)25-9-16(30)26-15(19(33)34)8-11-3-5-12(29)6-4-11/h3-6,13-15,28-29H,1-2,7-10,21H2,(H,25,32)(H,26,30)(H,27,31)(H,33,34)(H4,22,23,24). The van der Waals surface area contributed by atoms with Crippen LogP contribution in [-0.4, -0.2) is 82.8 Å². The van der Waals surface area contributed by atoms with Gasteiger partial charge in [0.05, 0.1) is 13.2 Å². The number of carboxylic acids is 1. The highest BCUT2D eigenvalue weighted by Crippen LogP contribution is 2.11. The normalized spacial score (nSPS) is 13.1. The lowest BCUT2D eigenvalue weighted by atomic mass is 10.1. The minimum absolute atomic E-state index is 0.0160. The molecule has 3 atom stereocenters. The minimum Gasteiger partial charge on any atom is -0.508 e. The van der Waals surface area contributed by atoms with Gasteiger partial charge in [0.25, 0.3) is 0 Å². The first-order valence-corrected chi connectivity index (χ1v) is 10.3. The van der Waals surface area contributed by atoms with Gasteiger partial charge in [0, 0.05) is 13.0 Å². The summed E-state index contributed by atoms with van der Waals surface area (Å²) in [5.41, 5.74) is 16.5. The fourth-order valence-corrected chi connectivity index (χ4v) is 2.74. The van der Waals surface area contributed by atoms with Crippen LogP contribution in [0.25, 0.3) is 0 Å². The third kappa shape index (κ3) is 10.6. The molecule has 0 saturated heterocycles. The average molecular weight is 482 g/mol. The number of aliphatic carboxylic acids is 1. The number of carbonyl (C=O) groups excluding carboxylic acids is 3. The molecule has 14 nitrogen and oxygen atoms in total. The number of rotatable bonds is 14. The zero-order chi connectivity index (χ0) is 25.7. The predicted molar refractivity (Wildman–Crippen MR) is 121 cm³/mol. The van der Waals surface area contributed by atoms with Crippen molar-refractivity contribution < 1.29 is 34.5 Å². The Hall–Kier alpha value is -3.91. The topological polar surface area (TPSA) is 255 Å². The maximum atomic E-state index is 12.5. The quantitative estimate of drug-likeness (QED) is 0.0718. The van der Waals surface area contributed by atoms with Crippen molar-refractivity contribution in [2.75, 3.05) is 19.7 Å². The van der Waals surface area contributed by atoms with Gasteiger partial charge in [-0.05, 0) is 30.5 Å². The molecule has 0 bridgehead atoms. The maximum Gasteiger partial charge on any atom is 0.326 e. The van der Waals surface area contributed by atoms with Gasteiger partial charge in [-0.3, -0.25) is 19.4 Å². The molecule has 3 unspecified atom stereocenters. The Balaban J connectivity index is 2.69. The van der Waals surface area contributed by atoms with Crippen LogP contribution in [0.2, 0.25) is 0 Å². The SMILES string of the molecule is NC(N)=NCCCC(NC(=O)C(N)CO)C(=O)NCC(=O)NC(Cc1ccc(O)cc1)C(=O)O. The summed E-state index contributed by atoms with van der Waals surface area (Å²) >= 11 is 0. The number of hydrogen-bond acceptors (Lipinski definition) is 8. The van der Waals surface area contributed by atoms with E-state index < -0.39 is 55.0 Å². The number of nitrogens with zero attached hydrogens (tertiary/aromatic N) is 1. The summed E-state index contributed by atoms with van der Waals surface area (Å²) in [5, 5.41) is 34.7. The fraction of sp³-hybridized carbons (Fsp3) is 0.450. The number of carboxylic acid groups (broad SMARTS) is 1. The Morgan fingerprint density at radius 3 is 2.21 bits per heavy atom. The number of carbonyl (C=O) groups is 4. The number of aliphatic hydroxyl groups excluding tert-OH is 1. The molecule has 0 spiro atoms. The third-order valence-electron chi connectivity index (χ3n) is 4.54. The van der Waals surface area contributed by atoms with E-state index in [0.717, 1.165) is 0 Å². The molecular weight excluding hydrogens is 450 g/mol. The van der Waals surface area contributed by atoms with Crippen molar-refractivity contribution in [3.05, 3.63) is 29.8 Å². The summed E-state index contributed by atoms with van der Waals surface area (Å²) in [6, 6.07) is 2.21. The molecule has 34 heavy (non-hydrogen) atoms. The Morgan fingerprint density at radius 2 is 1.65 bits per heavy atom. The van der Waals surface area contributed by atoms with Gasteiger partial charge < -0.3 is 48.5 Å². The third-order valence-corrected chi connectivity index (χ3v) is 4.54. The molecule has 12 N–H and O–H groups in total. The smallest absolute Gasteiger partial charge is 0.326 e. The van der Waals surface area contributed by atoms with Gasteiger partial charge in [-0.1, -0.05) is 12.1 Å². The summed E-state index contributed by atoms with van der Waals surface area (Å²) < 4.78 is 0. The lowest BCUT2D eigenvalue weighted by Crippen LogP contribution is -2.54. The minimum atomic E-state index is -1.28. The van der Waals surface area contributed by atoms with Crippen LogP contribution in [0.3, 0.4) is 0 Å². The number of hydrogen-bond donors (Lipinski definition) is 9. The Bertz CT molecular complexity index is 873. The number of phenols is 1. The second-order valence-corrected chi connectivity index (χ2v) is 7.35. The molecule has 1 rings (SSSR count). The first-order valence-electron chi connectivity index (χ1n) is 10.3. The van der Waals surface area contributed by atoms with Crippen molar-refractivity contribution in [3.63, 3.8) is 0 Å². The second kappa shape index (κ2) is 14.3. The zero-order valence-electron chi connectivity index (χ0n) is 18.4. The van der Waals surface area contributed by atoms with Crippen LogP contribution in [0.1, 0.15) is 18.4 Å². The van der Waals surface area contributed by atoms with Crippen molar-refractivity contribution in [2.24, 2.45) is 22.2 Å². The predicted octanol–water partition coefficient (Wildman–Crippen LogP) is -3.52. The summed E-state index contributed by atoms with van der Waals surface area (Å²) in [7, 11) is 0. The van der Waals surface area contributed by atoms with Crippen molar-refractivity contribution in [2.45, 2.75) is 37.4 Å². The molecule has 1 aromatic rings. The maximum absolute atomic E-state index is 12.5. The Labute approximate surface area is 195 Å². The van der Waals surface area contributed by atoms with E-state index in [2.05, 4.69) is 20.9 Å². The van der Waals surface area contributed by atoms with E-state index in [4.69, 9.17) is 22.3 Å². The largest absolute Gasteiger partial charge is 0.508 e. The number of aliphatic imine (C=N–C) groups is 1. The van der Waals surface area contributed by atoms with Gasteiger partial charge >= 0.3 is 5.97 Å². The van der Waals surface area contributed by atoms with Gasteiger partial charge in [0.1, 0.15) is 23.9 Å². The van der Waals surface area contributed by atoms with Crippen LogP contribution in [0.4, 0.5) is 0 Å². The van der Waals surface area contributed by atoms with E-state index in [0.29, 0.717) is 12.0 Å². The van der Waals surface area contributed by atoms with Gasteiger partial charge in [-0.2, -0.15) is 0 Å². The summed E-state index contributed by atoms with van der Waals surface area (Å²) in [4.78, 5) is 52.0. The molecule has 0 aliphatic rings. The number of amides is 3. The Morgan fingerprint density at radius 1 is 1.00 bits per heavy atom. The Kier molecular flexibility index (Phi) is 11.8. The molecule has 14 heteroatoms. The van der Waals surface area contributed by atoms with E-state index in [1.807, 2.05) is 0 Å². The molecule has 0 radical (unpaired) electrons. The van der Waals surface area contributed by atoms with Crippen LogP contribution in [0, 0.1) is 0 Å². The van der Waals surface area contributed by atoms with E-state index >= 15 is 0 Å². The molecule has 1 aromatic carbocycles. The number of phenolic OH excluding ortho intramolecular Hbond substituents is 1. The average Bonchev–Trinajstić information content (AvgIpc) is 2.79. The molecule has 188 valence electrons. The molecule has 0 heterocycles. The van der Waals surface area contributed by atoms with Crippen LogP contribution in [0.5, 0.6) is 5.75 Å². The van der Waals surface area contributed by atoms with Crippen LogP contribution < -0.4 is 33.2 Å². The van der Waals surface area contributed by atoms with Crippen LogP contribution in [0.15, 0.2) is 29.3 Å². The molecule has 0 aliphatic heterocycles. The van der Waals surface area contributed by atoms with E-state index in [1.165, 1.54) is 24.3 Å². The summed E-state index contributed by atoms with van der Waals surface area (Å²) in [6.45, 7) is -0.995. The van der Waals surface area contributed by atoms with Crippen LogP contribution in [-0.2, 0) is 25.6 Å². The van der Waals surface area contributed by atoms with Gasteiger partial charge in [0.15, 0.2) is 5.96 Å². The molecular formula is C20H31N7O7. The zero-order valence-corrected chi connectivity index (χ0v) is 18.4. The van der Waals surface area contributed by atoms with E-state index in [-0.39, 0.29) is 31.1 Å². The first-order chi connectivity index (χ1) is 16.0. The molecule has 0 aliphatic carbocycles. The molecule has 3 amide bonds. The fourth-order valence-electron chi connectivity index (χ4n) is 2.74. The number of aliphatic hydroxyl groups is 1. The number of nitrogens with two attached hydrogens (primary N) is 3. The lowest BCUT2D eigenvalue weighted by molar-refractivity contribution is -0.141. The summed E-state index contributed by atoms with van der Waals surface area (Å²) in [6.07, 6.45) is 0.370. The van der Waals surface area contributed by atoms with Crippen molar-refractivity contribution in [1.29, 1.82) is 0 Å². The number of guanidine groups is 1. The van der Waals surface area contributed by atoms with E-state index in [1.54, 1.807) is 0 Å². The van der Waals surface area contributed by atoms with Crippen molar-refractivity contribution in [3.8, 4) is 5.75 Å². The lowest BCUT2D eigenvalue weighted by Gasteiger charge is -2.20. The van der Waals surface area contributed by atoms with Crippen LogP contribution >= 0.6 is 0 Å². The van der Waals surface area contributed by atoms with Gasteiger partial charge in [-0.25, -0.2) is 4.79 Å². The number of nitrogens with one attached hydrogen (secondary N) is 3. The number of aromatic hydroxyl groups is 1. The highest BCUT2D eigenvalue weighted by atomic mass is 16.4. The highest BCUT2D eigenvalue weighted by molar-refractivity contribution is 5.92. The summed E-state index contributed by atoms with van der Waals surface area (Å²) in [5.74, 6) is -3.66. The van der Waals surface area contributed by atoms with Crippen molar-refractivity contribution >= 4 is 29.7 Å².